The van der Waals surface area contributed by atoms with E-state index in [1.165, 1.54) is 6.21 Å². The summed E-state index contributed by atoms with van der Waals surface area (Å²) in [5.41, 5.74) is 1.61. The highest BCUT2D eigenvalue weighted by molar-refractivity contribution is 5.85. The van der Waals surface area contributed by atoms with Crippen LogP contribution in [0, 0.1) is 0 Å². The van der Waals surface area contributed by atoms with Crippen molar-refractivity contribution in [2.75, 3.05) is 0 Å². The molecule has 0 spiro atoms. The Kier molecular flexibility index (Phi) is 2.45. The molecule has 0 unspecified atom stereocenters. The van der Waals surface area contributed by atoms with Crippen molar-refractivity contribution >= 4 is 12.3 Å². The van der Waals surface area contributed by atoms with Gasteiger partial charge in [-0.05, 0) is 17.4 Å². The van der Waals surface area contributed by atoms with Gasteiger partial charge >= 0.3 is 5.95 Å². The maximum absolute atomic E-state index is 9.66. The third-order valence-electron chi connectivity index (χ3n) is 2.34. The van der Waals surface area contributed by atoms with Crippen molar-refractivity contribution in [1.29, 1.82) is 0 Å². The molecule has 18 heavy (non-hydrogen) atoms. The number of aromatic nitrogens is 1. The molecule has 0 amide bonds. The summed E-state index contributed by atoms with van der Waals surface area (Å²) in [6, 6.07) is 9.32. The van der Waals surface area contributed by atoms with Crippen molar-refractivity contribution in [2.24, 2.45) is 15.4 Å². The van der Waals surface area contributed by atoms with E-state index in [0.29, 0.717) is 17.3 Å². The van der Waals surface area contributed by atoms with Crippen LogP contribution < -0.4 is 0 Å². The Labute approximate surface area is 102 Å². The monoisotopic (exact) mass is 240 g/mol. The summed E-state index contributed by atoms with van der Waals surface area (Å²) < 4.78 is 5.19. The standard InChI is InChI=1S/C12H8N4O2/c17-12-10(6-9-7-13-16-15-9)14-11(18-12)8-4-2-1-3-5-8/h1-7,17H/b9-6-. The quantitative estimate of drug-likeness (QED) is 0.875. The predicted octanol–water partition coefficient (Wildman–Crippen LogP) is 2.84. The molecule has 6 nitrogen and oxygen atoms in total. The Hall–Kier alpha value is -2.76. The van der Waals surface area contributed by atoms with Crippen LogP contribution in [0.4, 0.5) is 0 Å². The molecule has 1 aliphatic heterocycles. The lowest BCUT2D eigenvalue weighted by Crippen LogP contribution is -1.79. The van der Waals surface area contributed by atoms with Crippen molar-refractivity contribution in [3.8, 4) is 17.4 Å². The van der Waals surface area contributed by atoms with E-state index < -0.39 is 0 Å². The van der Waals surface area contributed by atoms with Crippen LogP contribution in [-0.2, 0) is 0 Å². The Bertz CT molecular complexity index is 642. The molecule has 0 saturated heterocycles. The number of nitrogens with zero attached hydrogens (tertiary/aromatic N) is 4. The first-order valence-corrected chi connectivity index (χ1v) is 5.24. The van der Waals surface area contributed by atoms with E-state index >= 15 is 0 Å². The number of aromatic hydroxyl groups is 1. The smallest absolute Gasteiger partial charge is 0.310 e. The first kappa shape index (κ1) is 10.4. The Morgan fingerprint density at radius 1 is 1.17 bits per heavy atom. The lowest BCUT2D eigenvalue weighted by molar-refractivity contribution is 0.336. The van der Waals surface area contributed by atoms with Crippen LogP contribution in [0.15, 0.2) is 55.9 Å². The molecule has 0 fully saturated rings. The van der Waals surface area contributed by atoms with Gasteiger partial charge in [0.15, 0.2) is 5.69 Å². The van der Waals surface area contributed by atoms with Gasteiger partial charge in [0.2, 0.25) is 5.89 Å². The fraction of sp³-hybridized carbons (Fsp3) is 0. The summed E-state index contributed by atoms with van der Waals surface area (Å²) in [5.74, 6) is 0.101. The number of hydrogen-bond acceptors (Lipinski definition) is 6. The molecule has 0 aliphatic carbocycles. The maximum Gasteiger partial charge on any atom is 0.310 e. The number of oxazole rings is 1. The van der Waals surface area contributed by atoms with Crippen molar-refractivity contribution in [1.82, 2.24) is 4.98 Å². The number of hydrogen-bond donors (Lipinski definition) is 1. The first-order chi connectivity index (χ1) is 8.83. The van der Waals surface area contributed by atoms with Gasteiger partial charge in [-0.15, -0.1) is 10.2 Å². The maximum atomic E-state index is 9.66. The van der Waals surface area contributed by atoms with Gasteiger partial charge in [0.05, 0.1) is 6.21 Å². The molecule has 1 aliphatic rings. The third-order valence-corrected chi connectivity index (χ3v) is 2.34. The normalized spacial score (nSPS) is 15.7. The summed E-state index contributed by atoms with van der Waals surface area (Å²) in [7, 11) is 0. The molecular formula is C12H8N4O2. The van der Waals surface area contributed by atoms with Gasteiger partial charge in [0.25, 0.3) is 0 Å². The average molecular weight is 240 g/mol. The minimum Gasteiger partial charge on any atom is -0.479 e. The average Bonchev–Trinajstić information content (AvgIpc) is 3.02. The van der Waals surface area contributed by atoms with Crippen molar-refractivity contribution in [3.63, 3.8) is 0 Å². The fourth-order valence-corrected chi connectivity index (χ4v) is 1.52. The summed E-state index contributed by atoms with van der Waals surface area (Å²) >= 11 is 0. The summed E-state index contributed by atoms with van der Waals surface area (Å²) in [5, 5.41) is 20.4. The SMILES string of the molecule is Oc1oc(-c2ccccc2)nc1/C=C1/C=NN=N1. The molecule has 1 aromatic heterocycles. The van der Waals surface area contributed by atoms with Gasteiger partial charge in [0, 0.05) is 11.6 Å². The van der Waals surface area contributed by atoms with Gasteiger partial charge in [-0.2, -0.15) is 0 Å². The van der Waals surface area contributed by atoms with E-state index in [0.717, 1.165) is 5.56 Å². The Balaban J connectivity index is 1.99. The summed E-state index contributed by atoms with van der Waals surface area (Å²) in [4.78, 5) is 4.19. The van der Waals surface area contributed by atoms with Crippen LogP contribution in [0.3, 0.4) is 0 Å². The zero-order valence-corrected chi connectivity index (χ0v) is 9.19. The van der Waals surface area contributed by atoms with E-state index in [2.05, 4.69) is 20.4 Å². The predicted molar refractivity (Wildman–Crippen MR) is 64.9 cm³/mol. The molecule has 3 rings (SSSR count). The van der Waals surface area contributed by atoms with Crippen molar-refractivity contribution in [2.45, 2.75) is 0 Å². The highest BCUT2D eigenvalue weighted by atomic mass is 16.5. The largest absolute Gasteiger partial charge is 0.479 e. The second-order valence-electron chi connectivity index (χ2n) is 3.58. The van der Waals surface area contributed by atoms with E-state index in [9.17, 15) is 5.11 Å². The van der Waals surface area contributed by atoms with Gasteiger partial charge in [-0.3, -0.25) is 0 Å². The molecule has 0 bridgehead atoms. The van der Waals surface area contributed by atoms with E-state index in [1.54, 1.807) is 6.08 Å². The zero-order valence-electron chi connectivity index (χ0n) is 9.19. The second kappa shape index (κ2) is 4.25. The first-order valence-electron chi connectivity index (χ1n) is 5.24. The number of rotatable bonds is 2. The molecule has 2 heterocycles. The number of allylic oxidation sites excluding steroid dienone is 1. The topological polar surface area (TPSA) is 83.3 Å². The summed E-state index contributed by atoms with van der Waals surface area (Å²) in [6.07, 6.45) is 3.02. The highest BCUT2D eigenvalue weighted by Crippen LogP contribution is 2.27. The van der Waals surface area contributed by atoms with Crippen LogP contribution in [0.1, 0.15) is 5.69 Å². The third kappa shape index (κ3) is 1.91. The molecule has 88 valence electrons. The van der Waals surface area contributed by atoms with E-state index in [1.807, 2.05) is 30.3 Å². The van der Waals surface area contributed by atoms with Crippen LogP contribution in [0.2, 0.25) is 0 Å². The Morgan fingerprint density at radius 2 is 2.00 bits per heavy atom. The highest BCUT2D eigenvalue weighted by Gasteiger charge is 2.13. The minimum absolute atomic E-state index is 0.253. The summed E-state index contributed by atoms with van der Waals surface area (Å²) in [6.45, 7) is 0. The zero-order chi connectivity index (χ0) is 12.4. The van der Waals surface area contributed by atoms with E-state index in [-0.39, 0.29) is 5.95 Å². The van der Waals surface area contributed by atoms with Crippen LogP contribution >= 0.6 is 0 Å². The molecule has 1 aromatic carbocycles. The Morgan fingerprint density at radius 3 is 2.72 bits per heavy atom. The molecule has 6 heteroatoms. The lowest BCUT2D eigenvalue weighted by atomic mass is 10.2. The van der Waals surface area contributed by atoms with Crippen LogP contribution in [-0.4, -0.2) is 16.3 Å². The second-order valence-corrected chi connectivity index (χ2v) is 3.58. The van der Waals surface area contributed by atoms with Crippen LogP contribution in [0.25, 0.3) is 17.5 Å². The van der Waals surface area contributed by atoms with Gasteiger partial charge in [-0.25, -0.2) is 4.98 Å². The fourth-order valence-electron chi connectivity index (χ4n) is 1.52. The van der Waals surface area contributed by atoms with Gasteiger partial charge in [-0.1, -0.05) is 18.2 Å². The van der Waals surface area contributed by atoms with Crippen LogP contribution in [0.5, 0.6) is 5.95 Å². The number of benzene rings is 1. The van der Waals surface area contributed by atoms with Gasteiger partial charge in [0.1, 0.15) is 5.70 Å². The van der Waals surface area contributed by atoms with Crippen molar-refractivity contribution < 1.29 is 9.52 Å². The van der Waals surface area contributed by atoms with E-state index in [4.69, 9.17) is 4.42 Å². The lowest BCUT2D eigenvalue weighted by Gasteiger charge is -1.91. The molecule has 0 radical (unpaired) electrons. The van der Waals surface area contributed by atoms with Gasteiger partial charge < -0.3 is 9.52 Å². The molecule has 0 atom stereocenters. The molecule has 2 aromatic rings. The van der Waals surface area contributed by atoms with Crippen molar-refractivity contribution in [3.05, 3.63) is 41.7 Å². The minimum atomic E-state index is -0.253. The molecule has 0 saturated carbocycles. The molecular weight excluding hydrogens is 232 g/mol. The molecule has 1 N–H and O–H groups in total.